The molecule has 0 aliphatic rings. The second-order valence-electron chi connectivity index (χ2n) is 3.44. The number of benzene rings is 1. The number of hydrogen-bond donors (Lipinski definition) is 1. The molecule has 0 aliphatic carbocycles. The van der Waals surface area contributed by atoms with Crippen LogP contribution in [0.1, 0.15) is 37.0 Å². The van der Waals surface area contributed by atoms with Gasteiger partial charge in [0.25, 0.3) is 0 Å². The van der Waals surface area contributed by atoms with Crippen molar-refractivity contribution in [3.63, 3.8) is 0 Å². The number of ketones is 1. The molecule has 0 saturated carbocycles. The molecule has 2 nitrogen and oxygen atoms in total. The first-order valence-electron chi connectivity index (χ1n) is 5.12. The zero-order valence-corrected chi connectivity index (χ0v) is 9.93. The second kappa shape index (κ2) is 5.81. The van der Waals surface area contributed by atoms with Crippen LogP contribution in [0.2, 0.25) is 0 Å². The van der Waals surface area contributed by atoms with Gasteiger partial charge < -0.3 is 5.11 Å². The van der Waals surface area contributed by atoms with E-state index in [9.17, 15) is 9.90 Å². The van der Waals surface area contributed by atoms with Gasteiger partial charge >= 0.3 is 0 Å². The van der Waals surface area contributed by atoms with E-state index in [-0.39, 0.29) is 11.5 Å². The Balaban J connectivity index is 2.76. The minimum absolute atomic E-state index is 0.0346. The maximum Gasteiger partial charge on any atom is 0.159 e. The second-order valence-corrected chi connectivity index (χ2v) is 4.58. The highest BCUT2D eigenvalue weighted by atomic mass is 32.2. The van der Waals surface area contributed by atoms with Crippen molar-refractivity contribution < 1.29 is 9.90 Å². The Hall–Kier alpha value is -0.960. The van der Waals surface area contributed by atoms with E-state index < -0.39 is 0 Å². The standard InChI is InChI=1S/C12H16O2S/c1-3-4-7-15-12-8-10(9(2)13)5-6-11(12)14/h5-6,8,14H,3-4,7H2,1-2H3. The zero-order chi connectivity index (χ0) is 11.3. The summed E-state index contributed by atoms with van der Waals surface area (Å²) in [7, 11) is 0. The lowest BCUT2D eigenvalue weighted by Crippen LogP contribution is -1.92. The summed E-state index contributed by atoms with van der Waals surface area (Å²) in [5.74, 6) is 1.28. The number of carbonyl (C=O) groups excluding carboxylic acids is 1. The molecule has 1 aromatic rings. The Bertz CT molecular complexity index is 347. The lowest BCUT2D eigenvalue weighted by atomic mass is 10.1. The van der Waals surface area contributed by atoms with Gasteiger partial charge in [0.05, 0.1) is 0 Å². The highest BCUT2D eigenvalue weighted by Gasteiger charge is 2.05. The minimum Gasteiger partial charge on any atom is -0.507 e. The largest absolute Gasteiger partial charge is 0.507 e. The highest BCUT2D eigenvalue weighted by Crippen LogP contribution is 2.30. The van der Waals surface area contributed by atoms with Gasteiger partial charge in [0.2, 0.25) is 0 Å². The van der Waals surface area contributed by atoms with Gasteiger partial charge in [-0.3, -0.25) is 4.79 Å². The fourth-order valence-electron chi connectivity index (χ4n) is 1.18. The van der Waals surface area contributed by atoms with Crippen LogP contribution in [0.4, 0.5) is 0 Å². The molecule has 1 N–H and O–H groups in total. The van der Waals surface area contributed by atoms with Crippen LogP contribution in [0, 0.1) is 0 Å². The van der Waals surface area contributed by atoms with E-state index in [1.165, 1.54) is 6.92 Å². The van der Waals surface area contributed by atoms with E-state index in [0.717, 1.165) is 23.5 Å². The number of thioether (sulfide) groups is 1. The fourth-order valence-corrected chi connectivity index (χ4v) is 2.25. The Kier molecular flexibility index (Phi) is 4.69. The van der Waals surface area contributed by atoms with Gasteiger partial charge in [0.15, 0.2) is 5.78 Å². The molecule has 0 fully saturated rings. The van der Waals surface area contributed by atoms with Crippen molar-refractivity contribution in [3.05, 3.63) is 23.8 Å². The summed E-state index contributed by atoms with van der Waals surface area (Å²) >= 11 is 1.60. The van der Waals surface area contributed by atoms with Crippen molar-refractivity contribution in [1.82, 2.24) is 0 Å². The molecule has 0 aromatic heterocycles. The topological polar surface area (TPSA) is 37.3 Å². The van der Waals surface area contributed by atoms with Gasteiger partial charge in [-0.05, 0) is 37.3 Å². The van der Waals surface area contributed by atoms with Crippen molar-refractivity contribution in [1.29, 1.82) is 0 Å². The van der Waals surface area contributed by atoms with Crippen LogP contribution >= 0.6 is 11.8 Å². The summed E-state index contributed by atoms with van der Waals surface area (Å²) in [6, 6.07) is 5.00. The molecule has 15 heavy (non-hydrogen) atoms. The predicted molar refractivity (Wildman–Crippen MR) is 63.7 cm³/mol. The molecule has 0 amide bonds. The summed E-state index contributed by atoms with van der Waals surface area (Å²) in [5.41, 5.74) is 0.659. The van der Waals surface area contributed by atoms with Crippen molar-refractivity contribution in [3.8, 4) is 5.75 Å². The monoisotopic (exact) mass is 224 g/mol. The lowest BCUT2D eigenvalue weighted by molar-refractivity contribution is 0.101. The van der Waals surface area contributed by atoms with E-state index >= 15 is 0 Å². The Morgan fingerprint density at radius 2 is 2.20 bits per heavy atom. The van der Waals surface area contributed by atoms with Gasteiger partial charge in [-0.25, -0.2) is 0 Å². The molecule has 1 rings (SSSR count). The zero-order valence-electron chi connectivity index (χ0n) is 9.12. The Labute approximate surface area is 94.7 Å². The molecule has 0 bridgehead atoms. The number of hydrogen-bond acceptors (Lipinski definition) is 3. The van der Waals surface area contributed by atoms with Crippen LogP contribution in [-0.2, 0) is 0 Å². The minimum atomic E-state index is 0.0346. The summed E-state index contributed by atoms with van der Waals surface area (Å²) in [6.45, 7) is 3.67. The van der Waals surface area contributed by atoms with E-state index in [0.29, 0.717) is 5.56 Å². The number of carbonyl (C=O) groups is 1. The predicted octanol–water partition coefficient (Wildman–Crippen LogP) is 3.49. The first kappa shape index (κ1) is 12.1. The fraction of sp³-hybridized carbons (Fsp3) is 0.417. The van der Waals surface area contributed by atoms with Gasteiger partial charge in [-0.1, -0.05) is 13.3 Å². The van der Waals surface area contributed by atoms with Crippen LogP contribution in [-0.4, -0.2) is 16.6 Å². The molecular weight excluding hydrogens is 208 g/mol. The van der Waals surface area contributed by atoms with Crippen LogP contribution in [0.5, 0.6) is 5.75 Å². The van der Waals surface area contributed by atoms with Gasteiger partial charge in [-0.15, -0.1) is 11.8 Å². The molecule has 0 aliphatic heterocycles. The van der Waals surface area contributed by atoms with Gasteiger partial charge in [0.1, 0.15) is 5.75 Å². The first-order chi connectivity index (χ1) is 7.15. The van der Waals surface area contributed by atoms with Crippen molar-refractivity contribution in [2.24, 2.45) is 0 Å². The van der Waals surface area contributed by atoms with Crippen molar-refractivity contribution >= 4 is 17.5 Å². The third-order valence-corrected chi connectivity index (χ3v) is 3.25. The third-order valence-electron chi connectivity index (χ3n) is 2.12. The third kappa shape index (κ3) is 3.59. The number of rotatable bonds is 5. The molecule has 0 radical (unpaired) electrons. The molecule has 0 atom stereocenters. The normalized spacial score (nSPS) is 10.3. The van der Waals surface area contributed by atoms with Crippen molar-refractivity contribution in [2.45, 2.75) is 31.6 Å². The highest BCUT2D eigenvalue weighted by molar-refractivity contribution is 7.99. The van der Waals surface area contributed by atoms with Crippen LogP contribution in [0.25, 0.3) is 0 Å². The Morgan fingerprint density at radius 3 is 2.80 bits per heavy atom. The number of Topliss-reactive ketones (excluding diaryl/α,β-unsaturated/α-hetero) is 1. The molecule has 0 heterocycles. The lowest BCUT2D eigenvalue weighted by Gasteiger charge is -2.05. The number of unbranched alkanes of at least 4 members (excludes halogenated alkanes) is 1. The van der Waals surface area contributed by atoms with Crippen LogP contribution in [0.3, 0.4) is 0 Å². The maximum atomic E-state index is 11.1. The summed E-state index contributed by atoms with van der Waals surface area (Å²) < 4.78 is 0. The summed E-state index contributed by atoms with van der Waals surface area (Å²) in [4.78, 5) is 11.9. The Morgan fingerprint density at radius 1 is 1.47 bits per heavy atom. The number of aromatic hydroxyl groups is 1. The van der Waals surface area contributed by atoms with Crippen molar-refractivity contribution in [2.75, 3.05) is 5.75 Å². The van der Waals surface area contributed by atoms with Crippen LogP contribution in [0.15, 0.2) is 23.1 Å². The van der Waals surface area contributed by atoms with E-state index in [1.807, 2.05) is 0 Å². The smallest absolute Gasteiger partial charge is 0.159 e. The number of phenolic OH excluding ortho intramolecular Hbond substituents is 1. The van der Waals surface area contributed by atoms with Gasteiger partial charge in [-0.2, -0.15) is 0 Å². The molecule has 0 saturated heterocycles. The maximum absolute atomic E-state index is 11.1. The van der Waals surface area contributed by atoms with Gasteiger partial charge in [0, 0.05) is 10.5 Å². The molecule has 1 aromatic carbocycles. The van der Waals surface area contributed by atoms with E-state index in [2.05, 4.69) is 6.92 Å². The number of phenols is 1. The average Bonchev–Trinajstić information content (AvgIpc) is 2.20. The molecule has 0 unspecified atom stereocenters. The SMILES string of the molecule is CCCCSc1cc(C(C)=O)ccc1O. The van der Waals surface area contributed by atoms with Crippen LogP contribution < -0.4 is 0 Å². The molecule has 3 heteroatoms. The molecule has 0 spiro atoms. The molecular formula is C12H16O2S. The summed E-state index contributed by atoms with van der Waals surface area (Å²) in [6.07, 6.45) is 2.26. The summed E-state index contributed by atoms with van der Waals surface area (Å²) in [5, 5.41) is 9.58. The van der Waals surface area contributed by atoms with E-state index in [1.54, 1.807) is 30.0 Å². The average molecular weight is 224 g/mol. The first-order valence-corrected chi connectivity index (χ1v) is 6.10. The van der Waals surface area contributed by atoms with E-state index in [4.69, 9.17) is 0 Å². The quantitative estimate of drug-likeness (QED) is 0.472. The molecule has 82 valence electrons.